The predicted octanol–water partition coefficient (Wildman–Crippen LogP) is 4.32. The lowest BCUT2D eigenvalue weighted by Gasteiger charge is -2.13. The van der Waals surface area contributed by atoms with Gasteiger partial charge in [0.1, 0.15) is 28.3 Å². The predicted molar refractivity (Wildman–Crippen MR) is 107 cm³/mol. The second-order valence-corrected chi connectivity index (χ2v) is 7.26. The first-order valence-corrected chi connectivity index (χ1v) is 9.58. The normalized spacial score (nSPS) is 11.6. The average Bonchev–Trinajstić information content (AvgIpc) is 3.15. The standard InChI is InChI=1S/C20H12F4N4O2S/c21-12-7-5-11(6-8-12)16-17-18(31-27-16)19(30)28(10-25-17)9-15(29)26-14-4-2-1-3-13(14)20(22,23)24/h1-8,10H,9H2,(H,26,29). The van der Waals surface area contributed by atoms with Crippen molar-refractivity contribution in [3.05, 3.63) is 76.6 Å². The van der Waals surface area contributed by atoms with Crippen molar-refractivity contribution < 1.29 is 22.4 Å². The van der Waals surface area contributed by atoms with Crippen molar-refractivity contribution in [2.75, 3.05) is 5.32 Å². The van der Waals surface area contributed by atoms with Gasteiger partial charge in [-0.3, -0.25) is 14.2 Å². The summed E-state index contributed by atoms with van der Waals surface area (Å²) in [4.78, 5) is 29.2. The Morgan fingerprint density at radius 3 is 2.52 bits per heavy atom. The quantitative estimate of drug-likeness (QED) is 0.472. The number of halogens is 4. The monoisotopic (exact) mass is 448 g/mol. The largest absolute Gasteiger partial charge is 0.418 e. The van der Waals surface area contributed by atoms with Crippen molar-refractivity contribution in [2.45, 2.75) is 12.7 Å². The van der Waals surface area contributed by atoms with Gasteiger partial charge in [0.2, 0.25) is 5.91 Å². The summed E-state index contributed by atoms with van der Waals surface area (Å²) in [5.74, 6) is -1.24. The van der Waals surface area contributed by atoms with E-state index in [9.17, 15) is 27.2 Å². The number of fused-ring (bicyclic) bond motifs is 1. The molecule has 31 heavy (non-hydrogen) atoms. The summed E-state index contributed by atoms with van der Waals surface area (Å²) < 4.78 is 57.8. The minimum Gasteiger partial charge on any atom is -0.324 e. The third-order valence-corrected chi connectivity index (χ3v) is 5.21. The summed E-state index contributed by atoms with van der Waals surface area (Å²) in [6.45, 7) is -0.530. The van der Waals surface area contributed by atoms with E-state index in [0.29, 0.717) is 16.8 Å². The van der Waals surface area contributed by atoms with E-state index in [2.05, 4.69) is 14.7 Å². The maximum Gasteiger partial charge on any atom is 0.418 e. The smallest absolute Gasteiger partial charge is 0.324 e. The van der Waals surface area contributed by atoms with Crippen LogP contribution in [0.25, 0.3) is 21.5 Å². The minimum absolute atomic E-state index is 0.172. The molecule has 0 fully saturated rings. The van der Waals surface area contributed by atoms with Crippen LogP contribution in [0.1, 0.15) is 5.56 Å². The maximum atomic E-state index is 13.1. The van der Waals surface area contributed by atoms with Crippen LogP contribution in [0.3, 0.4) is 0 Å². The Hall–Kier alpha value is -3.60. The molecule has 1 amide bonds. The van der Waals surface area contributed by atoms with Crippen molar-refractivity contribution >= 4 is 33.3 Å². The Morgan fingerprint density at radius 2 is 1.81 bits per heavy atom. The summed E-state index contributed by atoms with van der Waals surface area (Å²) in [6, 6.07) is 10.1. The lowest BCUT2D eigenvalue weighted by atomic mass is 10.1. The van der Waals surface area contributed by atoms with E-state index in [4.69, 9.17) is 0 Å². The van der Waals surface area contributed by atoms with E-state index < -0.39 is 41.3 Å². The highest BCUT2D eigenvalue weighted by atomic mass is 32.1. The molecule has 2 aromatic heterocycles. The first-order valence-electron chi connectivity index (χ1n) is 8.81. The van der Waals surface area contributed by atoms with Gasteiger partial charge < -0.3 is 5.32 Å². The van der Waals surface area contributed by atoms with Gasteiger partial charge in [-0.1, -0.05) is 12.1 Å². The van der Waals surface area contributed by atoms with Gasteiger partial charge in [0.15, 0.2) is 0 Å². The molecule has 2 heterocycles. The van der Waals surface area contributed by atoms with Crippen molar-refractivity contribution in [3.63, 3.8) is 0 Å². The fourth-order valence-electron chi connectivity index (χ4n) is 2.95. The number of carbonyl (C=O) groups is 1. The summed E-state index contributed by atoms with van der Waals surface area (Å²) in [6.07, 6.45) is -3.51. The van der Waals surface area contributed by atoms with Crippen LogP contribution in [0.4, 0.5) is 23.2 Å². The molecular formula is C20H12F4N4O2S. The van der Waals surface area contributed by atoms with E-state index in [0.717, 1.165) is 34.6 Å². The molecule has 0 unspecified atom stereocenters. The van der Waals surface area contributed by atoms with Gasteiger partial charge in [-0.15, -0.1) is 0 Å². The van der Waals surface area contributed by atoms with Gasteiger partial charge in [0.05, 0.1) is 17.6 Å². The zero-order valence-electron chi connectivity index (χ0n) is 15.5. The van der Waals surface area contributed by atoms with Crippen LogP contribution in [0.2, 0.25) is 0 Å². The number of para-hydroxylation sites is 1. The molecule has 1 N–H and O–H groups in total. The number of alkyl halides is 3. The van der Waals surface area contributed by atoms with Crippen LogP contribution in [-0.2, 0) is 17.5 Å². The number of benzene rings is 2. The molecule has 0 saturated heterocycles. The molecule has 0 saturated carbocycles. The number of hydrogen-bond acceptors (Lipinski definition) is 5. The minimum atomic E-state index is -4.64. The van der Waals surface area contributed by atoms with Crippen molar-refractivity contribution in [2.24, 2.45) is 0 Å². The lowest BCUT2D eigenvalue weighted by Crippen LogP contribution is -2.28. The molecular weight excluding hydrogens is 436 g/mol. The molecule has 11 heteroatoms. The first-order chi connectivity index (χ1) is 14.7. The summed E-state index contributed by atoms with van der Waals surface area (Å²) >= 11 is 0.871. The molecule has 4 rings (SSSR count). The number of hydrogen-bond donors (Lipinski definition) is 1. The highest BCUT2D eigenvalue weighted by molar-refractivity contribution is 7.13. The summed E-state index contributed by atoms with van der Waals surface area (Å²) in [5, 5.41) is 2.18. The van der Waals surface area contributed by atoms with E-state index in [1.165, 1.54) is 36.4 Å². The van der Waals surface area contributed by atoms with Gasteiger partial charge in [-0.05, 0) is 47.9 Å². The van der Waals surface area contributed by atoms with E-state index in [1.807, 2.05) is 0 Å². The highest BCUT2D eigenvalue weighted by Crippen LogP contribution is 2.34. The second-order valence-electron chi connectivity index (χ2n) is 6.48. The number of carbonyl (C=O) groups excluding carboxylic acids is 1. The van der Waals surface area contributed by atoms with E-state index in [1.54, 1.807) is 0 Å². The van der Waals surface area contributed by atoms with Crippen LogP contribution in [-0.4, -0.2) is 19.8 Å². The molecule has 2 aromatic carbocycles. The van der Waals surface area contributed by atoms with Crippen LogP contribution in [0.15, 0.2) is 59.7 Å². The topological polar surface area (TPSA) is 76.9 Å². The third-order valence-electron chi connectivity index (χ3n) is 4.39. The first kappa shape index (κ1) is 20.7. The van der Waals surface area contributed by atoms with Crippen LogP contribution >= 0.6 is 11.5 Å². The Morgan fingerprint density at radius 1 is 1.10 bits per heavy atom. The van der Waals surface area contributed by atoms with Gasteiger partial charge in [-0.25, -0.2) is 9.37 Å². The van der Waals surface area contributed by atoms with Crippen molar-refractivity contribution in [1.82, 2.24) is 13.9 Å². The summed E-state index contributed by atoms with van der Waals surface area (Å²) in [5.41, 5.74) is -0.698. The third kappa shape index (κ3) is 4.17. The maximum absolute atomic E-state index is 13.1. The molecule has 0 radical (unpaired) electrons. The van der Waals surface area contributed by atoms with Crippen molar-refractivity contribution in [1.29, 1.82) is 0 Å². The highest BCUT2D eigenvalue weighted by Gasteiger charge is 2.33. The van der Waals surface area contributed by atoms with Gasteiger partial charge in [0.25, 0.3) is 5.56 Å². The van der Waals surface area contributed by atoms with Crippen LogP contribution < -0.4 is 10.9 Å². The molecule has 6 nitrogen and oxygen atoms in total. The second kappa shape index (κ2) is 7.91. The van der Waals surface area contributed by atoms with Crippen LogP contribution in [0.5, 0.6) is 0 Å². The molecule has 0 aliphatic heterocycles. The zero-order chi connectivity index (χ0) is 22.2. The van der Waals surface area contributed by atoms with E-state index >= 15 is 0 Å². The molecule has 4 aromatic rings. The lowest BCUT2D eigenvalue weighted by molar-refractivity contribution is -0.137. The Balaban J connectivity index is 1.60. The number of nitrogens with one attached hydrogen (secondary N) is 1. The number of nitrogens with zero attached hydrogens (tertiary/aromatic N) is 3. The Labute approximate surface area is 176 Å². The van der Waals surface area contributed by atoms with E-state index in [-0.39, 0.29) is 4.70 Å². The number of rotatable bonds is 4. The Bertz CT molecular complexity index is 1330. The molecule has 0 atom stereocenters. The fourth-order valence-corrected chi connectivity index (χ4v) is 3.75. The van der Waals surface area contributed by atoms with Gasteiger partial charge >= 0.3 is 6.18 Å². The molecule has 0 bridgehead atoms. The summed E-state index contributed by atoms with van der Waals surface area (Å²) in [7, 11) is 0. The van der Waals surface area contributed by atoms with Gasteiger partial charge in [-0.2, -0.15) is 17.5 Å². The SMILES string of the molecule is O=C(Cn1cnc2c(-c3ccc(F)cc3)nsc2c1=O)Nc1ccccc1C(F)(F)F. The molecule has 0 aliphatic rings. The Kier molecular flexibility index (Phi) is 5.27. The van der Waals surface area contributed by atoms with Crippen LogP contribution in [0, 0.1) is 5.82 Å². The zero-order valence-corrected chi connectivity index (χ0v) is 16.3. The number of amides is 1. The number of anilines is 1. The molecule has 0 aliphatic carbocycles. The fraction of sp³-hybridized carbons (Fsp3) is 0.100. The average molecular weight is 448 g/mol. The van der Waals surface area contributed by atoms with Crippen molar-refractivity contribution in [3.8, 4) is 11.3 Å². The van der Waals surface area contributed by atoms with Gasteiger partial charge in [0, 0.05) is 5.56 Å². The molecule has 158 valence electrons. The number of aromatic nitrogens is 3. The molecule has 0 spiro atoms.